The first kappa shape index (κ1) is 23.7. The Morgan fingerprint density at radius 3 is 2.27 bits per heavy atom. The second-order valence-corrected chi connectivity index (χ2v) is 8.35. The van der Waals surface area contributed by atoms with Gasteiger partial charge in [-0.05, 0) is 62.8 Å². The van der Waals surface area contributed by atoms with Crippen molar-refractivity contribution in [2.24, 2.45) is 0 Å². The molecular formula is C26H36N2O2. The number of hydrogen-bond acceptors (Lipinski definition) is 2. The predicted molar refractivity (Wildman–Crippen MR) is 123 cm³/mol. The molecule has 0 radical (unpaired) electrons. The first-order valence-electron chi connectivity index (χ1n) is 11.0. The summed E-state index contributed by atoms with van der Waals surface area (Å²) in [5, 5.41) is 3.06. The van der Waals surface area contributed by atoms with Gasteiger partial charge in [0.1, 0.15) is 6.04 Å². The molecule has 2 atom stereocenters. The van der Waals surface area contributed by atoms with E-state index in [1.807, 2.05) is 52.0 Å². The standard InChI is InChI=1S/C26H36N2O2/c1-7-21(6)27-26(30)24(8-2)28(17-23-11-9-10-18(3)14-23)25(29)16-22-13-12-19(4)20(5)15-22/h9-15,21,24H,7-8,16-17H2,1-6H3,(H,27,30)/t21-,24+/m0/s1. The van der Waals surface area contributed by atoms with Crippen LogP contribution in [0.15, 0.2) is 42.5 Å². The smallest absolute Gasteiger partial charge is 0.243 e. The van der Waals surface area contributed by atoms with Crippen molar-refractivity contribution in [3.63, 3.8) is 0 Å². The van der Waals surface area contributed by atoms with E-state index in [1.165, 1.54) is 11.1 Å². The number of carbonyl (C=O) groups excluding carboxylic acids is 2. The van der Waals surface area contributed by atoms with Crippen LogP contribution in [0.3, 0.4) is 0 Å². The topological polar surface area (TPSA) is 49.4 Å². The van der Waals surface area contributed by atoms with E-state index < -0.39 is 6.04 Å². The second-order valence-electron chi connectivity index (χ2n) is 8.35. The van der Waals surface area contributed by atoms with Crippen molar-refractivity contribution in [3.05, 3.63) is 70.3 Å². The van der Waals surface area contributed by atoms with Gasteiger partial charge in [-0.15, -0.1) is 0 Å². The van der Waals surface area contributed by atoms with Crippen LogP contribution in [0.2, 0.25) is 0 Å². The Labute approximate surface area is 181 Å². The maximum absolute atomic E-state index is 13.4. The molecule has 0 spiro atoms. The van der Waals surface area contributed by atoms with Crippen LogP contribution in [0.1, 0.15) is 61.4 Å². The fourth-order valence-corrected chi connectivity index (χ4v) is 3.56. The molecule has 0 saturated heterocycles. The summed E-state index contributed by atoms with van der Waals surface area (Å²) in [7, 11) is 0. The average molecular weight is 409 g/mol. The van der Waals surface area contributed by atoms with Gasteiger partial charge < -0.3 is 10.2 Å². The van der Waals surface area contributed by atoms with E-state index in [-0.39, 0.29) is 17.9 Å². The number of nitrogens with one attached hydrogen (secondary N) is 1. The number of hydrogen-bond donors (Lipinski definition) is 1. The molecule has 2 rings (SSSR count). The lowest BCUT2D eigenvalue weighted by Gasteiger charge is -2.31. The number of amides is 2. The molecule has 0 aliphatic heterocycles. The SMILES string of the molecule is CC[C@H](C(=O)N[C@@H](C)CC)N(Cc1cccc(C)c1)C(=O)Cc1ccc(C)c(C)c1. The van der Waals surface area contributed by atoms with Crippen molar-refractivity contribution in [2.75, 3.05) is 0 Å². The summed E-state index contributed by atoms with van der Waals surface area (Å²) in [6, 6.07) is 13.9. The van der Waals surface area contributed by atoms with Crippen LogP contribution in [-0.4, -0.2) is 28.8 Å². The normalized spacial score (nSPS) is 12.9. The van der Waals surface area contributed by atoms with Gasteiger partial charge in [-0.25, -0.2) is 0 Å². The van der Waals surface area contributed by atoms with E-state index in [4.69, 9.17) is 0 Å². The maximum Gasteiger partial charge on any atom is 0.243 e. The van der Waals surface area contributed by atoms with Crippen molar-refractivity contribution < 1.29 is 9.59 Å². The van der Waals surface area contributed by atoms with Crippen LogP contribution in [0.25, 0.3) is 0 Å². The van der Waals surface area contributed by atoms with Crippen LogP contribution >= 0.6 is 0 Å². The zero-order chi connectivity index (χ0) is 22.3. The third-order valence-corrected chi connectivity index (χ3v) is 5.75. The highest BCUT2D eigenvalue weighted by Crippen LogP contribution is 2.17. The van der Waals surface area contributed by atoms with E-state index in [1.54, 1.807) is 4.90 Å². The first-order chi connectivity index (χ1) is 14.2. The molecule has 162 valence electrons. The molecule has 0 aliphatic carbocycles. The molecule has 0 unspecified atom stereocenters. The van der Waals surface area contributed by atoms with Gasteiger partial charge in [0.15, 0.2) is 0 Å². The summed E-state index contributed by atoms with van der Waals surface area (Å²) in [4.78, 5) is 28.1. The molecular weight excluding hydrogens is 372 g/mol. The minimum Gasteiger partial charge on any atom is -0.352 e. The zero-order valence-electron chi connectivity index (χ0n) is 19.3. The Kier molecular flexibility index (Phi) is 8.64. The van der Waals surface area contributed by atoms with Gasteiger partial charge in [0.2, 0.25) is 11.8 Å². The van der Waals surface area contributed by atoms with Crippen molar-refractivity contribution in [2.45, 2.75) is 79.4 Å². The minimum absolute atomic E-state index is 0.0223. The van der Waals surface area contributed by atoms with Gasteiger partial charge in [-0.3, -0.25) is 9.59 Å². The minimum atomic E-state index is -0.487. The summed E-state index contributed by atoms with van der Waals surface area (Å²) in [5.74, 6) is -0.0983. The Hall–Kier alpha value is -2.62. The van der Waals surface area contributed by atoms with Crippen LogP contribution in [-0.2, 0) is 22.6 Å². The third kappa shape index (κ3) is 6.45. The lowest BCUT2D eigenvalue weighted by Crippen LogP contribution is -2.51. The molecule has 30 heavy (non-hydrogen) atoms. The molecule has 4 nitrogen and oxygen atoms in total. The van der Waals surface area contributed by atoms with E-state index in [0.29, 0.717) is 19.4 Å². The Morgan fingerprint density at radius 2 is 1.67 bits per heavy atom. The summed E-state index contributed by atoms with van der Waals surface area (Å²) >= 11 is 0. The summed E-state index contributed by atoms with van der Waals surface area (Å²) < 4.78 is 0. The van der Waals surface area contributed by atoms with Gasteiger partial charge in [0, 0.05) is 12.6 Å². The molecule has 2 aromatic rings. The number of benzene rings is 2. The molecule has 1 N–H and O–H groups in total. The van der Waals surface area contributed by atoms with Crippen molar-refractivity contribution >= 4 is 11.8 Å². The monoisotopic (exact) mass is 408 g/mol. The Bertz CT molecular complexity index is 875. The molecule has 0 aromatic heterocycles. The van der Waals surface area contributed by atoms with Gasteiger partial charge in [-0.1, -0.05) is 61.9 Å². The Balaban J connectivity index is 2.31. The van der Waals surface area contributed by atoms with Gasteiger partial charge in [0.05, 0.1) is 6.42 Å². The van der Waals surface area contributed by atoms with Crippen molar-refractivity contribution in [1.29, 1.82) is 0 Å². The largest absolute Gasteiger partial charge is 0.352 e. The number of carbonyl (C=O) groups is 2. The van der Waals surface area contributed by atoms with E-state index in [2.05, 4.69) is 37.4 Å². The summed E-state index contributed by atoms with van der Waals surface area (Å²) in [6.45, 7) is 12.6. The lowest BCUT2D eigenvalue weighted by molar-refractivity contribution is -0.141. The number of nitrogens with zero attached hydrogens (tertiary/aromatic N) is 1. The fourth-order valence-electron chi connectivity index (χ4n) is 3.56. The van der Waals surface area contributed by atoms with Gasteiger partial charge in [0.25, 0.3) is 0 Å². The van der Waals surface area contributed by atoms with E-state index >= 15 is 0 Å². The second kappa shape index (κ2) is 11.0. The number of aryl methyl sites for hydroxylation is 3. The van der Waals surface area contributed by atoms with Crippen LogP contribution in [0.4, 0.5) is 0 Å². The van der Waals surface area contributed by atoms with Gasteiger partial charge in [-0.2, -0.15) is 0 Å². The van der Waals surface area contributed by atoms with Crippen LogP contribution < -0.4 is 5.32 Å². The summed E-state index contributed by atoms with van der Waals surface area (Å²) in [5.41, 5.74) is 5.55. The first-order valence-corrected chi connectivity index (χ1v) is 11.0. The van der Waals surface area contributed by atoms with Crippen molar-refractivity contribution in [1.82, 2.24) is 10.2 Å². The Morgan fingerprint density at radius 1 is 0.933 bits per heavy atom. The third-order valence-electron chi connectivity index (χ3n) is 5.75. The van der Waals surface area contributed by atoms with E-state index in [9.17, 15) is 9.59 Å². The van der Waals surface area contributed by atoms with Gasteiger partial charge >= 0.3 is 0 Å². The maximum atomic E-state index is 13.4. The van der Waals surface area contributed by atoms with Crippen molar-refractivity contribution in [3.8, 4) is 0 Å². The average Bonchev–Trinajstić information content (AvgIpc) is 2.70. The highest BCUT2D eigenvalue weighted by Gasteiger charge is 2.29. The molecule has 0 heterocycles. The van der Waals surface area contributed by atoms with E-state index in [0.717, 1.165) is 23.1 Å². The molecule has 0 bridgehead atoms. The molecule has 4 heteroatoms. The summed E-state index contributed by atoms with van der Waals surface area (Å²) in [6.07, 6.45) is 1.73. The number of rotatable bonds is 9. The van der Waals surface area contributed by atoms with Crippen LogP contribution in [0, 0.1) is 20.8 Å². The highest BCUT2D eigenvalue weighted by molar-refractivity contribution is 5.88. The predicted octanol–water partition coefficient (Wildman–Crippen LogP) is 4.88. The fraction of sp³-hybridized carbons (Fsp3) is 0.462. The lowest BCUT2D eigenvalue weighted by atomic mass is 10.0. The molecule has 0 fully saturated rings. The molecule has 2 aromatic carbocycles. The zero-order valence-corrected chi connectivity index (χ0v) is 19.3. The molecule has 0 saturated carbocycles. The van der Waals surface area contributed by atoms with Crippen LogP contribution in [0.5, 0.6) is 0 Å². The quantitative estimate of drug-likeness (QED) is 0.643. The molecule has 0 aliphatic rings. The highest BCUT2D eigenvalue weighted by atomic mass is 16.2. The molecule has 2 amide bonds.